The van der Waals surface area contributed by atoms with Gasteiger partial charge in [-0.05, 0) is 55.3 Å². The summed E-state index contributed by atoms with van der Waals surface area (Å²) in [6, 6.07) is 11.4. The molecule has 1 aliphatic heterocycles. The van der Waals surface area contributed by atoms with E-state index in [9.17, 15) is 8.42 Å². The maximum Gasteiger partial charge on any atom is 0.243 e. The fourth-order valence-electron chi connectivity index (χ4n) is 3.33. The van der Waals surface area contributed by atoms with E-state index in [0.29, 0.717) is 24.5 Å². The van der Waals surface area contributed by atoms with Crippen molar-refractivity contribution in [3.05, 3.63) is 52.2 Å². The van der Waals surface area contributed by atoms with Gasteiger partial charge in [0, 0.05) is 31.1 Å². The zero-order valence-corrected chi connectivity index (χ0v) is 21.3. The number of thiophene rings is 1. The van der Waals surface area contributed by atoms with Gasteiger partial charge in [-0.3, -0.25) is 0 Å². The first-order valence-electron chi connectivity index (χ1n) is 10.2. The van der Waals surface area contributed by atoms with Crippen LogP contribution in [0.1, 0.15) is 36.6 Å². The second kappa shape index (κ2) is 12.6. The summed E-state index contributed by atoms with van der Waals surface area (Å²) in [6.07, 6.45) is 3.93. The van der Waals surface area contributed by atoms with E-state index in [0.717, 1.165) is 50.3 Å². The van der Waals surface area contributed by atoms with Gasteiger partial charge in [-0.25, -0.2) is 13.4 Å². The summed E-state index contributed by atoms with van der Waals surface area (Å²) in [5.74, 6) is 0.744. The van der Waals surface area contributed by atoms with E-state index >= 15 is 0 Å². The van der Waals surface area contributed by atoms with E-state index in [1.807, 2.05) is 13.0 Å². The summed E-state index contributed by atoms with van der Waals surface area (Å²) in [5, 5.41) is 8.67. The molecule has 2 aromatic rings. The third-order valence-corrected chi connectivity index (χ3v) is 7.69. The molecule has 0 amide bonds. The molecular formula is C21H31IN4O2S2. The summed E-state index contributed by atoms with van der Waals surface area (Å²) >= 11 is 1.75. The Kier molecular flexibility index (Phi) is 10.6. The number of aliphatic imine (C=N–C) groups is 1. The van der Waals surface area contributed by atoms with Crippen molar-refractivity contribution in [1.29, 1.82) is 0 Å². The third-order valence-electron chi connectivity index (χ3n) is 4.86. The van der Waals surface area contributed by atoms with Crippen LogP contribution in [-0.4, -0.2) is 44.9 Å². The zero-order chi connectivity index (χ0) is 20.5. The van der Waals surface area contributed by atoms with E-state index in [4.69, 9.17) is 0 Å². The van der Waals surface area contributed by atoms with Crippen LogP contribution in [0.3, 0.4) is 0 Å². The average molecular weight is 563 g/mol. The highest BCUT2D eigenvalue weighted by Crippen LogP contribution is 2.21. The Bertz CT molecular complexity index is 895. The van der Waals surface area contributed by atoms with Gasteiger partial charge in [-0.2, -0.15) is 4.31 Å². The van der Waals surface area contributed by atoms with Gasteiger partial charge < -0.3 is 10.6 Å². The first kappa shape index (κ1) is 25.1. The standard InChI is InChI=1S/C21H30N4O2S2.HI/c1-2-22-21(23-12-11-19-9-7-15-28-19)24-17-18-8-6-10-20(16-18)29(26,27)25-13-4-3-5-14-25;/h6-10,15-16H,2-5,11-14,17H2,1H3,(H2,22,23,24);1H. The van der Waals surface area contributed by atoms with Gasteiger partial charge in [0.05, 0.1) is 11.4 Å². The molecule has 0 saturated carbocycles. The van der Waals surface area contributed by atoms with Crippen LogP contribution in [0, 0.1) is 0 Å². The second-order valence-electron chi connectivity index (χ2n) is 7.06. The second-order valence-corrected chi connectivity index (χ2v) is 10.0. The number of benzene rings is 1. The molecule has 1 aromatic carbocycles. The van der Waals surface area contributed by atoms with Crippen molar-refractivity contribution < 1.29 is 8.42 Å². The van der Waals surface area contributed by atoms with Crippen molar-refractivity contribution in [1.82, 2.24) is 14.9 Å². The zero-order valence-electron chi connectivity index (χ0n) is 17.3. The van der Waals surface area contributed by atoms with Gasteiger partial charge in [0.15, 0.2) is 5.96 Å². The number of guanidine groups is 1. The largest absolute Gasteiger partial charge is 0.357 e. The molecule has 0 aliphatic carbocycles. The van der Waals surface area contributed by atoms with Crippen LogP contribution in [0.15, 0.2) is 51.7 Å². The van der Waals surface area contributed by atoms with Crippen LogP contribution in [0.5, 0.6) is 0 Å². The number of sulfonamides is 1. The highest BCUT2D eigenvalue weighted by atomic mass is 127. The van der Waals surface area contributed by atoms with E-state index in [2.05, 4.69) is 33.1 Å². The lowest BCUT2D eigenvalue weighted by Crippen LogP contribution is -2.38. The lowest BCUT2D eigenvalue weighted by atomic mass is 10.2. The Balaban J connectivity index is 0.00000320. The van der Waals surface area contributed by atoms with Crippen molar-refractivity contribution in [2.45, 2.75) is 44.0 Å². The van der Waals surface area contributed by atoms with Gasteiger partial charge in [-0.1, -0.05) is 24.6 Å². The number of hydrogen-bond acceptors (Lipinski definition) is 4. The van der Waals surface area contributed by atoms with Crippen LogP contribution < -0.4 is 10.6 Å². The number of nitrogens with zero attached hydrogens (tertiary/aromatic N) is 2. The fraction of sp³-hybridized carbons (Fsp3) is 0.476. The van der Waals surface area contributed by atoms with Crippen molar-refractivity contribution in [3.8, 4) is 0 Å². The molecular weight excluding hydrogens is 531 g/mol. The maximum absolute atomic E-state index is 12.9. The Hall–Kier alpha value is -1.17. The van der Waals surface area contributed by atoms with Crippen LogP contribution in [-0.2, 0) is 23.0 Å². The molecule has 0 radical (unpaired) electrons. The molecule has 1 aromatic heterocycles. The Labute approximate surface area is 201 Å². The van der Waals surface area contributed by atoms with Gasteiger partial charge in [0.2, 0.25) is 10.0 Å². The Morgan fingerprint density at radius 2 is 1.93 bits per heavy atom. The normalized spacial score (nSPS) is 15.4. The molecule has 30 heavy (non-hydrogen) atoms. The molecule has 0 unspecified atom stereocenters. The third kappa shape index (κ3) is 7.21. The summed E-state index contributed by atoms with van der Waals surface area (Å²) in [6.45, 7) is 5.26. The van der Waals surface area contributed by atoms with Crippen molar-refractivity contribution >= 4 is 51.3 Å². The van der Waals surface area contributed by atoms with Crippen LogP contribution in [0.4, 0.5) is 0 Å². The smallest absolute Gasteiger partial charge is 0.243 e. The van der Waals surface area contributed by atoms with Crippen molar-refractivity contribution in [2.75, 3.05) is 26.2 Å². The highest BCUT2D eigenvalue weighted by molar-refractivity contribution is 14.0. The van der Waals surface area contributed by atoms with Gasteiger partial charge in [-0.15, -0.1) is 35.3 Å². The SMILES string of the molecule is CCNC(=NCc1cccc(S(=O)(=O)N2CCCCC2)c1)NCCc1cccs1.I. The molecule has 166 valence electrons. The summed E-state index contributed by atoms with van der Waals surface area (Å²) in [7, 11) is -3.42. The van der Waals surface area contributed by atoms with E-state index in [1.54, 1.807) is 33.8 Å². The minimum absolute atomic E-state index is 0. The van der Waals surface area contributed by atoms with Crippen molar-refractivity contribution in [2.24, 2.45) is 4.99 Å². The van der Waals surface area contributed by atoms with E-state index in [-0.39, 0.29) is 24.0 Å². The van der Waals surface area contributed by atoms with E-state index in [1.165, 1.54) is 4.88 Å². The molecule has 2 N–H and O–H groups in total. The minimum atomic E-state index is -3.42. The predicted octanol–water partition coefficient (Wildman–Crippen LogP) is 3.84. The molecule has 0 spiro atoms. The molecule has 3 rings (SSSR count). The Morgan fingerprint density at radius 1 is 1.13 bits per heavy atom. The molecule has 0 atom stereocenters. The molecule has 1 saturated heterocycles. The average Bonchev–Trinajstić information content (AvgIpc) is 3.26. The van der Waals surface area contributed by atoms with Gasteiger partial charge in [0.25, 0.3) is 0 Å². The van der Waals surface area contributed by atoms with E-state index < -0.39 is 10.0 Å². The first-order chi connectivity index (χ1) is 14.1. The monoisotopic (exact) mass is 562 g/mol. The topological polar surface area (TPSA) is 73.8 Å². The molecule has 2 heterocycles. The number of rotatable bonds is 8. The lowest BCUT2D eigenvalue weighted by Gasteiger charge is -2.26. The molecule has 1 aliphatic rings. The number of nitrogens with one attached hydrogen (secondary N) is 2. The van der Waals surface area contributed by atoms with Crippen molar-refractivity contribution in [3.63, 3.8) is 0 Å². The van der Waals surface area contributed by atoms with Gasteiger partial charge in [0.1, 0.15) is 0 Å². The summed E-state index contributed by atoms with van der Waals surface area (Å²) < 4.78 is 27.4. The number of piperidine rings is 1. The minimum Gasteiger partial charge on any atom is -0.357 e. The lowest BCUT2D eigenvalue weighted by molar-refractivity contribution is 0.346. The molecule has 9 heteroatoms. The summed E-state index contributed by atoms with van der Waals surface area (Å²) in [5.41, 5.74) is 0.888. The fourth-order valence-corrected chi connectivity index (χ4v) is 5.63. The quantitative estimate of drug-likeness (QED) is 0.292. The Morgan fingerprint density at radius 3 is 2.63 bits per heavy atom. The van der Waals surface area contributed by atoms with Crippen LogP contribution in [0.2, 0.25) is 0 Å². The molecule has 0 bridgehead atoms. The predicted molar refractivity (Wildman–Crippen MR) is 135 cm³/mol. The maximum atomic E-state index is 12.9. The highest BCUT2D eigenvalue weighted by Gasteiger charge is 2.25. The molecule has 1 fully saturated rings. The first-order valence-corrected chi connectivity index (χ1v) is 12.5. The van der Waals surface area contributed by atoms with Crippen LogP contribution in [0.25, 0.3) is 0 Å². The molecule has 6 nitrogen and oxygen atoms in total. The number of hydrogen-bond donors (Lipinski definition) is 2. The summed E-state index contributed by atoms with van der Waals surface area (Å²) in [4.78, 5) is 6.33. The van der Waals surface area contributed by atoms with Gasteiger partial charge >= 0.3 is 0 Å². The van der Waals surface area contributed by atoms with Crippen LogP contribution >= 0.6 is 35.3 Å². The number of halogens is 1.